The number of rotatable bonds is 7. The molecule has 31 heavy (non-hydrogen) atoms. The van der Waals surface area contributed by atoms with Gasteiger partial charge >= 0.3 is 12.1 Å². The monoisotopic (exact) mass is 470 g/mol. The SMILES string of the molecule is O=C(O)Cc1cc(Oc2ccc(SCc3ccccc3F)cc2Cl)cc(C(F)(F)F)c1. The van der Waals surface area contributed by atoms with E-state index in [9.17, 15) is 22.4 Å². The summed E-state index contributed by atoms with van der Waals surface area (Å²) >= 11 is 7.56. The van der Waals surface area contributed by atoms with Gasteiger partial charge in [-0.15, -0.1) is 11.8 Å². The number of thioether (sulfide) groups is 1. The van der Waals surface area contributed by atoms with E-state index in [-0.39, 0.29) is 27.9 Å². The van der Waals surface area contributed by atoms with Crippen LogP contribution in [0.3, 0.4) is 0 Å². The lowest BCUT2D eigenvalue weighted by atomic mass is 10.1. The molecule has 3 aromatic rings. The predicted molar refractivity (Wildman–Crippen MR) is 110 cm³/mol. The zero-order valence-corrected chi connectivity index (χ0v) is 17.3. The van der Waals surface area contributed by atoms with Crippen molar-refractivity contribution in [2.45, 2.75) is 23.2 Å². The largest absolute Gasteiger partial charge is 0.481 e. The zero-order valence-electron chi connectivity index (χ0n) is 15.7. The fourth-order valence-electron chi connectivity index (χ4n) is 2.72. The molecular weight excluding hydrogens is 456 g/mol. The molecule has 0 aromatic heterocycles. The number of benzene rings is 3. The number of aliphatic carboxylic acids is 1. The van der Waals surface area contributed by atoms with Crippen LogP contribution in [0.1, 0.15) is 16.7 Å². The summed E-state index contributed by atoms with van der Waals surface area (Å²) in [6, 6.07) is 13.8. The lowest BCUT2D eigenvalue weighted by molar-refractivity contribution is -0.138. The maximum Gasteiger partial charge on any atom is 0.416 e. The molecular formula is C22H15ClF4O3S. The van der Waals surface area contributed by atoms with Crippen LogP contribution >= 0.6 is 23.4 Å². The molecule has 0 saturated carbocycles. The highest BCUT2D eigenvalue weighted by molar-refractivity contribution is 7.98. The second kappa shape index (κ2) is 9.62. The molecule has 0 amide bonds. The minimum absolute atomic E-state index is 0.0505. The minimum atomic E-state index is -4.66. The number of hydrogen-bond acceptors (Lipinski definition) is 3. The number of alkyl halides is 3. The molecule has 0 aliphatic heterocycles. The van der Waals surface area contributed by atoms with Crippen LogP contribution in [-0.4, -0.2) is 11.1 Å². The molecule has 0 spiro atoms. The third-order valence-corrected chi connectivity index (χ3v) is 5.47. The summed E-state index contributed by atoms with van der Waals surface area (Å²) in [5.74, 6) is -1.28. The van der Waals surface area contributed by atoms with Crippen LogP contribution in [0.4, 0.5) is 17.6 Å². The van der Waals surface area contributed by atoms with Gasteiger partial charge in [-0.3, -0.25) is 4.79 Å². The highest BCUT2D eigenvalue weighted by Crippen LogP contribution is 2.37. The standard InChI is InChI=1S/C22H15ClF4O3S/c23-18-11-17(31-12-14-3-1-2-4-19(14)24)5-6-20(18)30-16-8-13(9-21(28)29)7-15(10-16)22(25,26)27/h1-8,10-11H,9,12H2,(H,28,29). The van der Waals surface area contributed by atoms with E-state index in [1.165, 1.54) is 30.0 Å². The van der Waals surface area contributed by atoms with Crippen molar-refractivity contribution in [2.24, 2.45) is 0 Å². The first-order valence-corrected chi connectivity index (χ1v) is 10.2. The molecule has 1 N–H and O–H groups in total. The Morgan fingerprint density at radius 1 is 1.06 bits per heavy atom. The molecule has 0 atom stereocenters. The Labute approximate surface area is 184 Å². The van der Waals surface area contributed by atoms with Crippen LogP contribution in [0.15, 0.2) is 65.6 Å². The first kappa shape index (κ1) is 23.0. The third-order valence-electron chi connectivity index (χ3n) is 4.13. The van der Waals surface area contributed by atoms with Crippen molar-refractivity contribution in [3.63, 3.8) is 0 Å². The molecule has 0 bridgehead atoms. The predicted octanol–water partition coefficient (Wildman–Crippen LogP) is 7.21. The first-order valence-electron chi connectivity index (χ1n) is 8.88. The van der Waals surface area contributed by atoms with Crippen molar-refractivity contribution in [3.8, 4) is 11.5 Å². The number of carbonyl (C=O) groups is 1. The summed E-state index contributed by atoms with van der Waals surface area (Å²) in [5, 5.41) is 9.05. The van der Waals surface area contributed by atoms with E-state index in [1.807, 2.05) is 0 Å². The molecule has 0 radical (unpaired) electrons. The number of halogens is 5. The van der Waals surface area contributed by atoms with Crippen molar-refractivity contribution in [1.82, 2.24) is 0 Å². The number of carboxylic acid groups (broad SMARTS) is 1. The number of carboxylic acids is 1. The van der Waals surface area contributed by atoms with E-state index in [4.69, 9.17) is 21.4 Å². The van der Waals surface area contributed by atoms with E-state index >= 15 is 0 Å². The van der Waals surface area contributed by atoms with Crippen molar-refractivity contribution < 1.29 is 32.2 Å². The molecule has 162 valence electrons. The Hall–Kier alpha value is -2.71. The summed E-state index contributed by atoms with van der Waals surface area (Å²) in [4.78, 5) is 11.6. The Kier molecular flexibility index (Phi) is 7.12. The molecule has 3 rings (SSSR count). The van der Waals surface area contributed by atoms with Gasteiger partial charge < -0.3 is 9.84 Å². The average molecular weight is 471 g/mol. The van der Waals surface area contributed by atoms with Gasteiger partial charge in [0.15, 0.2) is 0 Å². The van der Waals surface area contributed by atoms with Crippen LogP contribution < -0.4 is 4.74 Å². The summed E-state index contributed by atoms with van der Waals surface area (Å²) in [7, 11) is 0. The van der Waals surface area contributed by atoms with Gasteiger partial charge in [0, 0.05) is 10.6 Å². The quantitative estimate of drug-likeness (QED) is 0.293. The van der Waals surface area contributed by atoms with Crippen molar-refractivity contribution >= 4 is 29.3 Å². The highest BCUT2D eigenvalue weighted by atomic mass is 35.5. The van der Waals surface area contributed by atoms with Crippen LogP contribution in [0.2, 0.25) is 5.02 Å². The van der Waals surface area contributed by atoms with Crippen molar-refractivity contribution in [1.29, 1.82) is 0 Å². The lowest BCUT2D eigenvalue weighted by Gasteiger charge is -2.14. The maximum absolute atomic E-state index is 13.7. The smallest absolute Gasteiger partial charge is 0.416 e. The third kappa shape index (κ3) is 6.38. The first-order chi connectivity index (χ1) is 14.6. The van der Waals surface area contributed by atoms with Gasteiger partial charge in [-0.25, -0.2) is 4.39 Å². The van der Waals surface area contributed by atoms with Crippen molar-refractivity contribution in [2.75, 3.05) is 0 Å². The van der Waals surface area contributed by atoms with Gasteiger partial charge in [0.05, 0.1) is 17.0 Å². The van der Waals surface area contributed by atoms with Crippen LogP contribution in [0.25, 0.3) is 0 Å². The molecule has 9 heteroatoms. The van der Waals surface area contributed by atoms with Gasteiger partial charge in [-0.1, -0.05) is 29.8 Å². The second-order valence-electron chi connectivity index (χ2n) is 6.51. The molecule has 3 nitrogen and oxygen atoms in total. The number of ether oxygens (including phenoxy) is 1. The molecule has 0 aliphatic rings. The summed E-state index contributed by atoms with van der Waals surface area (Å²) in [6.45, 7) is 0. The van der Waals surface area contributed by atoms with Gasteiger partial charge in [0.2, 0.25) is 0 Å². The summed E-state index contributed by atoms with van der Waals surface area (Å²) in [6.07, 6.45) is -5.25. The maximum atomic E-state index is 13.7. The Balaban J connectivity index is 1.79. The fourth-order valence-corrected chi connectivity index (χ4v) is 3.92. The van der Waals surface area contributed by atoms with Crippen LogP contribution in [-0.2, 0) is 23.1 Å². The normalized spacial score (nSPS) is 11.4. The second-order valence-corrected chi connectivity index (χ2v) is 7.96. The summed E-state index contributed by atoms with van der Waals surface area (Å²) < 4.78 is 58.7. The van der Waals surface area contributed by atoms with Gasteiger partial charge in [0.1, 0.15) is 17.3 Å². The van der Waals surface area contributed by atoms with E-state index in [0.717, 1.165) is 17.0 Å². The van der Waals surface area contributed by atoms with E-state index in [1.54, 1.807) is 30.3 Å². The molecule has 0 saturated heterocycles. The van der Waals surface area contributed by atoms with Gasteiger partial charge in [-0.2, -0.15) is 13.2 Å². The Morgan fingerprint density at radius 3 is 2.45 bits per heavy atom. The average Bonchev–Trinajstić information content (AvgIpc) is 2.68. The zero-order chi connectivity index (χ0) is 22.6. The molecule has 0 heterocycles. The number of hydrogen-bond donors (Lipinski definition) is 1. The van der Waals surface area contributed by atoms with Crippen molar-refractivity contribution in [3.05, 3.63) is 88.2 Å². The van der Waals surface area contributed by atoms with Crippen LogP contribution in [0, 0.1) is 5.82 Å². The highest BCUT2D eigenvalue weighted by Gasteiger charge is 2.31. The van der Waals surface area contributed by atoms with Crippen LogP contribution in [0.5, 0.6) is 11.5 Å². The van der Waals surface area contributed by atoms with E-state index in [2.05, 4.69) is 0 Å². The molecule has 0 aliphatic carbocycles. The molecule has 0 fully saturated rings. The fraction of sp³-hybridized carbons (Fsp3) is 0.136. The topological polar surface area (TPSA) is 46.5 Å². The van der Waals surface area contributed by atoms with E-state index in [0.29, 0.717) is 11.3 Å². The molecule has 3 aromatic carbocycles. The van der Waals surface area contributed by atoms with E-state index < -0.39 is 24.1 Å². The van der Waals surface area contributed by atoms with Gasteiger partial charge in [-0.05, 0) is 53.6 Å². The summed E-state index contributed by atoms with van der Waals surface area (Å²) in [5.41, 5.74) is -0.543. The minimum Gasteiger partial charge on any atom is -0.481 e. The Morgan fingerprint density at radius 2 is 1.81 bits per heavy atom. The molecule has 0 unspecified atom stereocenters. The Bertz CT molecular complexity index is 1100. The van der Waals surface area contributed by atoms with Gasteiger partial charge in [0.25, 0.3) is 0 Å². The lowest BCUT2D eigenvalue weighted by Crippen LogP contribution is -2.08.